The number of aromatic nitrogens is 2. The Labute approximate surface area is 193 Å². The Hall–Kier alpha value is -4.19. The van der Waals surface area contributed by atoms with Crippen molar-refractivity contribution in [1.82, 2.24) is 9.97 Å². The lowest BCUT2D eigenvalue weighted by Gasteiger charge is -2.18. The summed E-state index contributed by atoms with van der Waals surface area (Å²) < 4.78 is 6.15. The van der Waals surface area contributed by atoms with Gasteiger partial charge in [0.2, 0.25) is 0 Å². The van der Waals surface area contributed by atoms with Crippen LogP contribution in [0.1, 0.15) is 40.1 Å². The van der Waals surface area contributed by atoms with E-state index in [-0.39, 0.29) is 12.0 Å². The molecule has 0 spiro atoms. The van der Waals surface area contributed by atoms with E-state index in [1.165, 1.54) is 0 Å². The number of rotatable bonds is 6. The zero-order valence-corrected chi connectivity index (χ0v) is 18.9. The number of amides is 1. The second kappa shape index (κ2) is 9.53. The van der Waals surface area contributed by atoms with Crippen LogP contribution in [0, 0.1) is 13.8 Å². The van der Waals surface area contributed by atoms with E-state index in [1.54, 1.807) is 18.6 Å². The van der Waals surface area contributed by atoms with Gasteiger partial charge in [-0.15, -0.1) is 0 Å². The van der Waals surface area contributed by atoms with E-state index in [4.69, 9.17) is 10.5 Å². The van der Waals surface area contributed by atoms with Crippen molar-refractivity contribution >= 4 is 17.4 Å². The molecule has 2 aromatic carbocycles. The molecule has 0 aliphatic carbocycles. The van der Waals surface area contributed by atoms with E-state index < -0.39 is 0 Å². The topological polar surface area (TPSA) is 90.1 Å². The summed E-state index contributed by atoms with van der Waals surface area (Å²) in [5.41, 5.74) is 12.3. The molecule has 2 aromatic heterocycles. The Balaban J connectivity index is 1.50. The van der Waals surface area contributed by atoms with E-state index in [0.717, 1.165) is 27.8 Å². The van der Waals surface area contributed by atoms with Crippen molar-refractivity contribution in [3.8, 4) is 16.9 Å². The minimum absolute atomic E-state index is 0.151. The molecule has 0 fully saturated rings. The molecule has 166 valence electrons. The predicted molar refractivity (Wildman–Crippen MR) is 131 cm³/mol. The molecule has 3 N–H and O–H groups in total. The number of anilines is 2. The highest BCUT2D eigenvalue weighted by molar-refractivity contribution is 6.04. The Bertz CT molecular complexity index is 1290. The summed E-state index contributed by atoms with van der Waals surface area (Å²) in [5.74, 6) is 0.656. The summed E-state index contributed by atoms with van der Waals surface area (Å²) >= 11 is 0. The van der Waals surface area contributed by atoms with Crippen LogP contribution in [-0.4, -0.2) is 15.9 Å². The van der Waals surface area contributed by atoms with E-state index in [2.05, 4.69) is 15.3 Å². The maximum atomic E-state index is 12.7. The fourth-order valence-electron chi connectivity index (χ4n) is 3.45. The van der Waals surface area contributed by atoms with Crippen molar-refractivity contribution < 1.29 is 9.53 Å². The van der Waals surface area contributed by atoms with Gasteiger partial charge in [-0.05, 0) is 73.9 Å². The maximum Gasteiger partial charge on any atom is 0.255 e. The lowest BCUT2D eigenvalue weighted by atomic mass is 10.1. The van der Waals surface area contributed by atoms with Crippen LogP contribution in [0.25, 0.3) is 11.1 Å². The molecule has 4 rings (SSSR count). The van der Waals surface area contributed by atoms with Crippen LogP contribution in [0.15, 0.2) is 79.3 Å². The Morgan fingerprint density at radius 1 is 0.970 bits per heavy atom. The average Bonchev–Trinajstić information content (AvgIpc) is 2.83. The first-order valence-corrected chi connectivity index (χ1v) is 10.7. The number of hydrogen-bond donors (Lipinski definition) is 2. The van der Waals surface area contributed by atoms with E-state index >= 15 is 0 Å². The average molecular weight is 439 g/mol. The number of nitrogens with one attached hydrogen (secondary N) is 1. The van der Waals surface area contributed by atoms with E-state index in [0.29, 0.717) is 22.8 Å². The third-order valence-electron chi connectivity index (χ3n) is 5.56. The number of pyridine rings is 2. The molecular formula is C27H26N4O2. The lowest BCUT2D eigenvalue weighted by Crippen LogP contribution is -2.13. The van der Waals surface area contributed by atoms with Gasteiger partial charge in [0, 0.05) is 41.0 Å². The van der Waals surface area contributed by atoms with Gasteiger partial charge in [0.25, 0.3) is 5.91 Å². The largest absolute Gasteiger partial charge is 0.482 e. The minimum atomic E-state index is -0.309. The van der Waals surface area contributed by atoms with Gasteiger partial charge in [-0.3, -0.25) is 9.78 Å². The molecule has 33 heavy (non-hydrogen) atoms. The van der Waals surface area contributed by atoms with Crippen LogP contribution in [-0.2, 0) is 0 Å². The van der Waals surface area contributed by atoms with Gasteiger partial charge in [-0.1, -0.05) is 24.3 Å². The van der Waals surface area contributed by atoms with Crippen LogP contribution in [0.3, 0.4) is 0 Å². The quantitative estimate of drug-likeness (QED) is 0.401. The summed E-state index contributed by atoms with van der Waals surface area (Å²) in [6, 6.07) is 19.0. The number of ether oxygens (including phenoxy) is 1. The number of aryl methyl sites for hydroxylation is 2. The van der Waals surface area contributed by atoms with Gasteiger partial charge >= 0.3 is 0 Å². The van der Waals surface area contributed by atoms with E-state index in [9.17, 15) is 4.79 Å². The SMILES string of the molecule is Cc1ccc(C(=O)Nc2cccc(C(C)Oc3cc(-c4cccnc4)cnc3N)c2)cc1C. The fraction of sp³-hybridized carbons (Fsp3) is 0.148. The first-order chi connectivity index (χ1) is 15.9. The maximum absolute atomic E-state index is 12.7. The number of carbonyl (C=O) groups is 1. The van der Waals surface area contributed by atoms with Gasteiger partial charge < -0.3 is 15.8 Å². The first-order valence-electron chi connectivity index (χ1n) is 10.7. The molecule has 1 unspecified atom stereocenters. The molecule has 0 aliphatic heterocycles. The van der Waals surface area contributed by atoms with Crippen molar-refractivity contribution in [2.45, 2.75) is 26.9 Å². The third kappa shape index (κ3) is 5.18. The van der Waals surface area contributed by atoms with Crippen LogP contribution in [0.4, 0.5) is 11.5 Å². The lowest BCUT2D eigenvalue weighted by molar-refractivity contribution is 0.102. The second-order valence-electron chi connectivity index (χ2n) is 7.99. The number of hydrogen-bond acceptors (Lipinski definition) is 5. The summed E-state index contributed by atoms with van der Waals surface area (Å²) in [4.78, 5) is 21.1. The second-order valence-corrected chi connectivity index (χ2v) is 7.99. The number of carbonyl (C=O) groups excluding carboxylic acids is 1. The van der Waals surface area contributed by atoms with Crippen LogP contribution in [0.5, 0.6) is 5.75 Å². The Morgan fingerprint density at radius 2 is 1.82 bits per heavy atom. The molecule has 6 nitrogen and oxygen atoms in total. The zero-order valence-electron chi connectivity index (χ0n) is 18.9. The van der Waals surface area contributed by atoms with Gasteiger partial charge in [-0.25, -0.2) is 4.98 Å². The van der Waals surface area contributed by atoms with Crippen molar-refractivity contribution in [1.29, 1.82) is 0 Å². The molecule has 6 heteroatoms. The number of nitrogen functional groups attached to an aromatic ring is 1. The molecular weight excluding hydrogens is 412 g/mol. The van der Waals surface area contributed by atoms with Gasteiger partial charge in [0.1, 0.15) is 6.10 Å². The Kier molecular flexibility index (Phi) is 6.36. The molecule has 1 amide bonds. The molecule has 4 aromatic rings. The molecule has 0 saturated heterocycles. The molecule has 0 saturated carbocycles. The normalized spacial score (nSPS) is 11.6. The highest BCUT2D eigenvalue weighted by Crippen LogP contribution is 2.31. The molecule has 0 aliphatic rings. The van der Waals surface area contributed by atoms with Crippen molar-refractivity contribution in [3.63, 3.8) is 0 Å². The molecule has 0 radical (unpaired) electrons. The van der Waals surface area contributed by atoms with Gasteiger partial charge in [0.15, 0.2) is 11.6 Å². The summed E-state index contributed by atoms with van der Waals surface area (Å²) in [5, 5.41) is 2.97. The molecule has 2 heterocycles. The van der Waals surface area contributed by atoms with Gasteiger partial charge in [-0.2, -0.15) is 0 Å². The predicted octanol–water partition coefficient (Wildman–Crippen LogP) is 5.73. The van der Waals surface area contributed by atoms with Gasteiger partial charge in [0.05, 0.1) is 0 Å². The first kappa shape index (κ1) is 22.0. The smallest absolute Gasteiger partial charge is 0.255 e. The third-order valence-corrected chi connectivity index (χ3v) is 5.56. The van der Waals surface area contributed by atoms with Crippen molar-refractivity contribution in [2.24, 2.45) is 0 Å². The molecule has 0 bridgehead atoms. The molecule has 1 atom stereocenters. The van der Waals surface area contributed by atoms with Crippen LogP contribution in [0.2, 0.25) is 0 Å². The highest BCUT2D eigenvalue weighted by Gasteiger charge is 2.14. The van der Waals surface area contributed by atoms with Crippen molar-refractivity contribution in [3.05, 3.63) is 102 Å². The highest BCUT2D eigenvalue weighted by atomic mass is 16.5. The summed E-state index contributed by atoms with van der Waals surface area (Å²) in [7, 11) is 0. The summed E-state index contributed by atoms with van der Waals surface area (Å²) in [6.45, 7) is 5.95. The summed E-state index contributed by atoms with van der Waals surface area (Å²) in [6.07, 6.45) is 4.88. The Morgan fingerprint density at radius 3 is 2.58 bits per heavy atom. The van der Waals surface area contributed by atoms with Crippen LogP contribution < -0.4 is 15.8 Å². The number of nitrogens with zero attached hydrogens (tertiary/aromatic N) is 2. The number of nitrogens with two attached hydrogens (primary N) is 1. The standard InChI is InChI=1S/C27H26N4O2/c1-17-9-10-21(12-18(17)2)27(32)31-24-8-4-6-20(13-24)19(3)33-25-14-23(16-30-26(25)28)22-7-5-11-29-15-22/h4-16,19H,1-3H3,(H2,28,30)(H,31,32). The van der Waals surface area contributed by atoms with Crippen molar-refractivity contribution in [2.75, 3.05) is 11.1 Å². The zero-order chi connectivity index (χ0) is 23.4. The minimum Gasteiger partial charge on any atom is -0.482 e. The number of benzene rings is 2. The van der Waals surface area contributed by atoms with E-state index in [1.807, 2.05) is 81.4 Å². The van der Waals surface area contributed by atoms with Crippen LogP contribution >= 0.6 is 0 Å². The fourth-order valence-corrected chi connectivity index (χ4v) is 3.45. The monoisotopic (exact) mass is 438 g/mol.